The van der Waals surface area contributed by atoms with Gasteiger partial charge in [0.25, 0.3) is 30.1 Å². The van der Waals surface area contributed by atoms with E-state index in [1.807, 2.05) is 124 Å². The number of halogens is 2. The van der Waals surface area contributed by atoms with Gasteiger partial charge in [-0.15, -0.1) is 34.0 Å². The molecule has 0 bridgehead atoms. The molecule has 113 heavy (non-hydrogen) atoms. The van der Waals surface area contributed by atoms with Gasteiger partial charge in [0.2, 0.25) is 29.1 Å². The zero-order chi connectivity index (χ0) is 83.7. The summed E-state index contributed by atoms with van der Waals surface area (Å²) < 4.78 is 162. The van der Waals surface area contributed by atoms with Gasteiger partial charge in [0, 0.05) is 122 Å². The molecule has 0 amide bonds. The third-order valence-electron chi connectivity index (χ3n) is 18.0. The van der Waals surface area contributed by atoms with Crippen molar-refractivity contribution in [1.29, 1.82) is 0 Å². The van der Waals surface area contributed by atoms with Crippen molar-refractivity contribution in [2.75, 3.05) is 115 Å². The SMILES string of the molecule is CC(C)(O)c1ccc(N2CCN(S(=O)(=O)c3cccs3)C[C@@H]2CN)cc1.CC(C)CS(=O)(=O)Cl.CC(C)CS(=O)(=O)N(C[C@H]1CN(S(=O)(=O)c2cccs2)CCN1c1ccc(C(C)(C)O)cc1)c1cccnc1.CC(C)CS(=O)(=O)NC[C@H]1CN(S(=O)(=O)c2cccs2)CCN1c1ccc(C(C)(C)O)cc1.Ic1cccnc1. The smallest absolute Gasteiger partial charge is 0.252 e. The fourth-order valence-electron chi connectivity index (χ4n) is 12.5. The molecule has 624 valence electrons. The molecule has 3 atom stereocenters. The normalized spacial score (nSPS) is 17.5. The Kier molecular flexibility index (Phi) is 34.3. The standard InChI is InChI=1S/C27H36N4O5S3.C22H33N3O5S3.C18H25N3O3S2.C5H4IN.C4H9ClO2S/c1-21(2)20-38(33,34)31(24-7-5-13-28-17-24)19-25-18-29(39(35,36)26-8-6-16-37-26)14-15-30(25)23-11-9-22(10-12-23)27(3,4)32;1-17(2)16-32(27,28)23-14-20-15-24(33(29,30)21-6-5-13-31-21)11-12-25(20)19-9-7-18(8-10-19)22(3,4)26;1-18(2,22)14-5-7-15(8-6-14)21-10-9-20(13-16(21)12-19)26(23,24)17-4-3-11-25-17;6-5-2-1-3-7-4-5;1-4(2)3-8(5,6)7/h5-13,16-17,21,25,32H,14-15,18-20H2,1-4H3;5-10,13,17,20,23,26H,11-12,14-16H2,1-4H3;3-8,11,16,22H,9-10,12-13,19H2,1-2H3;1-4H;4H,3H2,1-2H3/t25-;20-;16-;;/m100../s1. The second-order valence-electron chi connectivity index (χ2n) is 30.2. The summed E-state index contributed by atoms with van der Waals surface area (Å²) in [4.78, 5) is 14.3. The van der Waals surface area contributed by atoms with E-state index in [-0.39, 0.29) is 88.2 Å². The predicted octanol–water partition coefficient (Wildman–Crippen LogP) is 10.9. The second-order valence-corrected chi connectivity index (χ2v) is 47.4. The number of nitrogens with two attached hydrogens (primary N) is 1. The van der Waals surface area contributed by atoms with Gasteiger partial charge < -0.3 is 35.8 Å². The highest BCUT2D eigenvalue weighted by molar-refractivity contribution is 14.1. The Balaban J connectivity index is 0.000000217. The Morgan fingerprint density at radius 1 is 0.487 bits per heavy atom. The van der Waals surface area contributed by atoms with Crippen molar-refractivity contribution in [3.8, 4) is 0 Å². The first-order chi connectivity index (χ1) is 52.6. The molecule has 5 aromatic heterocycles. The number of piperazine rings is 3. The average Bonchev–Trinajstić information content (AvgIpc) is 1.68. The number of sulfonamides is 5. The lowest BCUT2D eigenvalue weighted by Gasteiger charge is -2.44. The number of aliphatic hydroxyl groups is 3. The van der Waals surface area contributed by atoms with E-state index in [1.54, 1.807) is 132 Å². The molecule has 3 aliphatic rings. The van der Waals surface area contributed by atoms with Crippen LogP contribution in [0.3, 0.4) is 0 Å². The molecule has 3 aromatic carbocycles. The summed E-state index contributed by atoms with van der Waals surface area (Å²) in [5.41, 5.74) is 8.54. The van der Waals surface area contributed by atoms with Gasteiger partial charge in [-0.3, -0.25) is 14.3 Å². The summed E-state index contributed by atoms with van der Waals surface area (Å²) in [5.74, 6) is 0.0342. The first-order valence-electron chi connectivity index (χ1n) is 36.6. The number of anilines is 4. The van der Waals surface area contributed by atoms with Gasteiger partial charge in [-0.2, -0.15) is 12.9 Å². The number of nitrogens with zero attached hydrogens (tertiary/aromatic N) is 9. The number of pyridine rings is 2. The van der Waals surface area contributed by atoms with Crippen LogP contribution in [0.25, 0.3) is 0 Å². The number of benzene rings is 3. The molecule has 8 aromatic rings. The number of thiophene rings is 3. The third-order valence-corrected chi connectivity index (χ3v) is 33.7. The van der Waals surface area contributed by atoms with E-state index >= 15 is 0 Å². The summed E-state index contributed by atoms with van der Waals surface area (Å²) in [6, 6.07) is 39.0. The quantitative estimate of drug-likeness (QED) is 0.0248. The summed E-state index contributed by atoms with van der Waals surface area (Å²) in [7, 11) is -16.4. The van der Waals surface area contributed by atoms with Crippen molar-refractivity contribution in [3.63, 3.8) is 0 Å². The number of hydrogen-bond acceptors (Lipinski definition) is 24. The summed E-state index contributed by atoms with van der Waals surface area (Å²) in [6.45, 7) is 24.8. The number of nitrogens with one attached hydrogen (secondary N) is 1. The largest absolute Gasteiger partial charge is 0.386 e. The summed E-state index contributed by atoms with van der Waals surface area (Å²) in [6.07, 6.45) is 6.69. The number of rotatable bonds is 26. The van der Waals surface area contributed by atoms with E-state index in [4.69, 9.17) is 16.4 Å². The molecular weight excluding hydrogens is 1760 g/mol. The second kappa shape index (κ2) is 40.9. The topological polar surface area (TPSA) is 352 Å². The summed E-state index contributed by atoms with van der Waals surface area (Å²) in [5, 5.41) is 36.0. The van der Waals surface area contributed by atoms with E-state index in [2.05, 4.69) is 47.1 Å². The van der Waals surface area contributed by atoms with Crippen LogP contribution in [0, 0.1) is 21.3 Å². The van der Waals surface area contributed by atoms with Crippen LogP contribution < -0.4 is 29.5 Å². The van der Waals surface area contributed by atoms with Crippen LogP contribution in [-0.4, -0.2) is 203 Å². The van der Waals surface area contributed by atoms with Crippen LogP contribution in [0.2, 0.25) is 0 Å². The van der Waals surface area contributed by atoms with Crippen molar-refractivity contribution < 1.29 is 65.8 Å². The molecule has 0 radical (unpaired) electrons. The minimum Gasteiger partial charge on any atom is -0.386 e. The Morgan fingerprint density at radius 2 is 0.841 bits per heavy atom. The van der Waals surface area contributed by atoms with Gasteiger partial charge >= 0.3 is 0 Å². The van der Waals surface area contributed by atoms with Crippen LogP contribution in [0.1, 0.15) is 99.8 Å². The first kappa shape index (κ1) is 94.8. The minimum atomic E-state index is -3.73. The van der Waals surface area contributed by atoms with Crippen molar-refractivity contribution in [2.45, 2.75) is 131 Å². The van der Waals surface area contributed by atoms with E-state index in [1.165, 1.54) is 61.0 Å². The van der Waals surface area contributed by atoms with Crippen molar-refractivity contribution >= 4 is 149 Å². The average molecular weight is 1870 g/mol. The highest BCUT2D eigenvalue weighted by Gasteiger charge is 2.40. The lowest BCUT2D eigenvalue weighted by Crippen LogP contribution is -2.59. The minimum absolute atomic E-state index is 0.0111. The Labute approximate surface area is 699 Å². The molecule has 0 saturated carbocycles. The van der Waals surface area contributed by atoms with Crippen molar-refractivity contribution in [3.05, 3.63) is 195 Å². The fourth-order valence-corrected chi connectivity index (χ4v) is 25.6. The molecule has 8 heterocycles. The van der Waals surface area contributed by atoms with E-state index in [9.17, 15) is 65.8 Å². The van der Waals surface area contributed by atoms with Crippen LogP contribution in [0.15, 0.2) is 187 Å². The lowest BCUT2D eigenvalue weighted by molar-refractivity contribution is 0.0780. The zero-order valence-corrected chi connectivity index (χ0v) is 75.8. The molecular formula is C76H107ClIN11O15S9. The zero-order valence-electron chi connectivity index (χ0n) is 65.6. The van der Waals surface area contributed by atoms with Gasteiger partial charge in [0.05, 0.1) is 70.6 Å². The van der Waals surface area contributed by atoms with Crippen molar-refractivity contribution in [2.24, 2.45) is 23.5 Å². The molecule has 11 rings (SSSR count). The van der Waals surface area contributed by atoms with Crippen LogP contribution in [0.5, 0.6) is 0 Å². The molecule has 26 nitrogen and oxygen atoms in total. The van der Waals surface area contributed by atoms with Gasteiger partial charge in [0.1, 0.15) is 12.6 Å². The summed E-state index contributed by atoms with van der Waals surface area (Å²) >= 11 is 5.79. The molecule has 6 N–H and O–H groups in total. The Bertz CT molecular complexity index is 4960. The predicted molar refractivity (Wildman–Crippen MR) is 465 cm³/mol. The van der Waals surface area contributed by atoms with Gasteiger partial charge in [-0.25, -0.2) is 55.2 Å². The molecule has 37 heteroatoms. The monoisotopic (exact) mass is 1860 g/mol. The van der Waals surface area contributed by atoms with E-state index in [0.717, 1.165) is 33.8 Å². The Morgan fingerprint density at radius 3 is 1.13 bits per heavy atom. The molecule has 0 unspecified atom stereocenters. The van der Waals surface area contributed by atoms with E-state index in [0.29, 0.717) is 55.7 Å². The molecule has 0 spiro atoms. The number of aromatic nitrogens is 2. The van der Waals surface area contributed by atoms with Crippen LogP contribution >= 0.6 is 67.3 Å². The molecule has 3 aliphatic heterocycles. The third kappa shape index (κ3) is 28.2. The van der Waals surface area contributed by atoms with E-state index < -0.39 is 82.0 Å². The van der Waals surface area contributed by atoms with Crippen LogP contribution in [-0.2, 0) is 76.0 Å². The Hall–Kier alpha value is -5.34. The first-order valence-corrected chi connectivity index (χ1v) is 50.4. The maximum atomic E-state index is 13.6. The highest BCUT2D eigenvalue weighted by Crippen LogP contribution is 2.34. The van der Waals surface area contributed by atoms with Gasteiger partial charge in [0.15, 0.2) is 0 Å². The molecule has 0 aliphatic carbocycles. The fraction of sp³-hybridized carbons (Fsp3) is 0.474. The molecule has 3 saturated heterocycles. The number of hydrogen-bond donors (Lipinski definition) is 5. The maximum absolute atomic E-state index is 13.6. The van der Waals surface area contributed by atoms with Crippen molar-refractivity contribution in [1.82, 2.24) is 27.6 Å². The maximum Gasteiger partial charge on any atom is 0.252 e. The van der Waals surface area contributed by atoms with Gasteiger partial charge in [-0.05, 0) is 194 Å². The van der Waals surface area contributed by atoms with Crippen LogP contribution in [0.4, 0.5) is 22.7 Å². The lowest BCUT2D eigenvalue weighted by atomic mass is 9.98. The molecule has 3 fully saturated rings. The highest BCUT2D eigenvalue weighted by atomic mass is 127. The van der Waals surface area contributed by atoms with Gasteiger partial charge in [-0.1, -0.05) is 96.1 Å².